The summed E-state index contributed by atoms with van der Waals surface area (Å²) in [6.45, 7) is 13.5. The smallest absolute Gasteiger partial charge is 0.178 e. The van der Waals surface area contributed by atoms with E-state index in [0.717, 1.165) is 18.4 Å². The Labute approximate surface area is 109 Å². The van der Waals surface area contributed by atoms with Gasteiger partial charge in [-0.25, -0.2) is 4.79 Å². The summed E-state index contributed by atoms with van der Waals surface area (Å²) >= 11 is 0. The second kappa shape index (κ2) is 4.06. The van der Waals surface area contributed by atoms with Crippen molar-refractivity contribution in [1.82, 2.24) is 0 Å². The van der Waals surface area contributed by atoms with Crippen molar-refractivity contribution in [2.75, 3.05) is 13.2 Å². The van der Waals surface area contributed by atoms with Gasteiger partial charge in [0.1, 0.15) is 5.94 Å². The first-order chi connectivity index (χ1) is 8.24. The Hall–Kier alpha value is -0.890. The van der Waals surface area contributed by atoms with E-state index in [9.17, 15) is 4.79 Å². The van der Waals surface area contributed by atoms with Gasteiger partial charge in [0, 0.05) is 17.4 Å². The van der Waals surface area contributed by atoms with Gasteiger partial charge in [0.05, 0.1) is 18.6 Å². The van der Waals surface area contributed by atoms with Gasteiger partial charge < -0.3 is 9.47 Å². The third-order valence-corrected chi connectivity index (χ3v) is 4.18. The van der Waals surface area contributed by atoms with Crippen molar-refractivity contribution in [2.24, 2.45) is 10.8 Å². The molecule has 0 atom stereocenters. The van der Waals surface area contributed by atoms with Crippen LogP contribution in [0.15, 0.2) is 17.7 Å². The van der Waals surface area contributed by atoms with Crippen molar-refractivity contribution >= 4 is 5.94 Å². The zero-order valence-electron chi connectivity index (χ0n) is 11.8. The van der Waals surface area contributed by atoms with E-state index in [0.29, 0.717) is 18.8 Å². The summed E-state index contributed by atoms with van der Waals surface area (Å²) in [5.74, 6) is 1.35. The second-order valence-corrected chi connectivity index (χ2v) is 6.70. The van der Waals surface area contributed by atoms with Crippen LogP contribution < -0.4 is 0 Å². The molecule has 3 heteroatoms. The maximum absolute atomic E-state index is 11.2. The van der Waals surface area contributed by atoms with Gasteiger partial charge >= 0.3 is 0 Å². The van der Waals surface area contributed by atoms with E-state index >= 15 is 0 Å². The molecule has 2 fully saturated rings. The third-order valence-electron chi connectivity index (χ3n) is 4.18. The number of hydrogen-bond donors (Lipinski definition) is 0. The highest BCUT2D eigenvalue weighted by Crippen LogP contribution is 2.53. The molecule has 100 valence electrons. The maximum Gasteiger partial charge on any atom is 0.178 e. The zero-order valence-corrected chi connectivity index (χ0v) is 11.8. The molecule has 1 aliphatic heterocycles. The van der Waals surface area contributed by atoms with Crippen molar-refractivity contribution in [3.8, 4) is 0 Å². The highest BCUT2D eigenvalue weighted by Gasteiger charge is 2.56. The van der Waals surface area contributed by atoms with Crippen molar-refractivity contribution in [2.45, 2.75) is 46.3 Å². The molecule has 3 nitrogen and oxygen atoms in total. The molecule has 1 saturated heterocycles. The Balaban J connectivity index is 2.35. The van der Waals surface area contributed by atoms with E-state index in [1.165, 1.54) is 0 Å². The van der Waals surface area contributed by atoms with Crippen LogP contribution in [0.4, 0.5) is 0 Å². The molecule has 0 N–H and O–H groups in total. The molecule has 0 bridgehead atoms. The lowest BCUT2D eigenvalue weighted by molar-refractivity contribution is -0.340. The fourth-order valence-corrected chi connectivity index (χ4v) is 2.80. The van der Waals surface area contributed by atoms with Gasteiger partial charge in [-0.2, -0.15) is 0 Å². The normalized spacial score (nSPS) is 29.1. The van der Waals surface area contributed by atoms with Crippen LogP contribution in [0.5, 0.6) is 0 Å². The van der Waals surface area contributed by atoms with Crippen molar-refractivity contribution in [3.05, 3.63) is 17.7 Å². The third kappa shape index (κ3) is 1.87. The largest absolute Gasteiger partial charge is 0.348 e. The van der Waals surface area contributed by atoms with Crippen LogP contribution >= 0.6 is 0 Å². The van der Waals surface area contributed by atoms with Gasteiger partial charge in [-0.1, -0.05) is 20.4 Å². The van der Waals surface area contributed by atoms with Crippen LogP contribution in [-0.4, -0.2) is 24.9 Å². The Bertz CT molecular complexity index is 415. The molecule has 0 unspecified atom stereocenters. The maximum atomic E-state index is 11.2. The van der Waals surface area contributed by atoms with Crippen LogP contribution in [0, 0.1) is 10.8 Å². The molecular weight excluding hydrogens is 228 g/mol. The van der Waals surface area contributed by atoms with Crippen LogP contribution in [0.3, 0.4) is 0 Å². The van der Waals surface area contributed by atoms with E-state index in [-0.39, 0.29) is 5.41 Å². The lowest BCUT2D eigenvalue weighted by Gasteiger charge is -2.54. The van der Waals surface area contributed by atoms with E-state index in [2.05, 4.69) is 20.4 Å². The molecule has 1 saturated carbocycles. The summed E-state index contributed by atoms with van der Waals surface area (Å²) in [6, 6.07) is 0. The molecule has 2 rings (SSSR count). The Morgan fingerprint density at radius 2 is 1.72 bits per heavy atom. The first-order valence-electron chi connectivity index (χ1n) is 6.46. The Morgan fingerprint density at radius 1 is 1.17 bits per heavy atom. The lowest BCUT2D eigenvalue weighted by Crippen LogP contribution is -2.58. The van der Waals surface area contributed by atoms with Crippen molar-refractivity contribution < 1.29 is 14.3 Å². The van der Waals surface area contributed by atoms with Gasteiger partial charge in [0.2, 0.25) is 0 Å². The highest BCUT2D eigenvalue weighted by atomic mass is 16.7. The summed E-state index contributed by atoms with van der Waals surface area (Å²) in [5.41, 5.74) is 0.993. The summed E-state index contributed by atoms with van der Waals surface area (Å²) in [5, 5.41) is 0. The quantitative estimate of drug-likeness (QED) is 0.620. The molecule has 18 heavy (non-hydrogen) atoms. The van der Waals surface area contributed by atoms with Crippen LogP contribution in [0.1, 0.15) is 40.5 Å². The predicted octanol–water partition coefficient (Wildman–Crippen LogP) is 2.89. The minimum Gasteiger partial charge on any atom is -0.348 e. The molecule has 1 spiro atoms. The molecule has 0 aromatic carbocycles. The molecule has 0 aromatic heterocycles. The van der Waals surface area contributed by atoms with E-state index in [1.807, 2.05) is 19.8 Å². The van der Waals surface area contributed by atoms with E-state index < -0.39 is 11.2 Å². The molecule has 0 aromatic rings. The van der Waals surface area contributed by atoms with Crippen molar-refractivity contribution in [1.29, 1.82) is 0 Å². The van der Waals surface area contributed by atoms with Crippen LogP contribution in [-0.2, 0) is 14.3 Å². The minimum atomic E-state index is -0.698. The Kier molecular flexibility index (Phi) is 3.05. The summed E-state index contributed by atoms with van der Waals surface area (Å²) in [4.78, 5) is 11.2. The standard InChI is InChI=1S/C15H22O3/c1-11-6-7-15(14(4,5)12(11)8-16)17-9-13(2,3)10-18-15/h1,6-7,9-10H2,2-5H3. The Morgan fingerprint density at radius 3 is 2.22 bits per heavy atom. The van der Waals surface area contributed by atoms with Crippen LogP contribution in [0.2, 0.25) is 0 Å². The summed E-state index contributed by atoms with van der Waals surface area (Å²) in [6.07, 6.45) is 1.48. The average Bonchev–Trinajstić information content (AvgIpc) is 2.27. The van der Waals surface area contributed by atoms with Gasteiger partial charge in [-0.05, 0) is 25.8 Å². The number of ether oxygens (including phenoxy) is 2. The van der Waals surface area contributed by atoms with Gasteiger partial charge in [0.15, 0.2) is 5.79 Å². The van der Waals surface area contributed by atoms with E-state index in [4.69, 9.17) is 9.47 Å². The molecule has 0 radical (unpaired) electrons. The number of allylic oxidation sites excluding steroid dienone is 1. The fourth-order valence-electron chi connectivity index (χ4n) is 2.80. The van der Waals surface area contributed by atoms with Gasteiger partial charge in [-0.3, -0.25) is 0 Å². The SMILES string of the molecule is C=C1CCC2(OCC(C)(C)CO2)C(C)(C)C1=C=O. The van der Waals surface area contributed by atoms with Crippen LogP contribution in [0.25, 0.3) is 0 Å². The molecule has 2 aliphatic rings. The summed E-state index contributed by atoms with van der Waals surface area (Å²) in [7, 11) is 0. The predicted molar refractivity (Wildman–Crippen MR) is 69.8 cm³/mol. The zero-order chi connectivity index (χ0) is 13.6. The fraction of sp³-hybridized carbons (Fsp3) is 0.733. The van der Waals surface area contributed by atoms with Gasteiger partial charge in [-0.15, -0.1) is 0 Å². The first-order valence-corrected chi connectivity index (χ1v) is 6.46. The lowest BCUT2D eigenvalue weighted by atomic mass is 9.66. The number of carbonyl (C=O) groups excluding carboxylic acids is 1. The number of rotatable bonds is 0. The highest BCUT2D eigenvalue weighted by molar-refractivity contribution is 5.64. The number of hydrogen-bond acceptors (Lipinski definition) is 3. The monoisotopic (exact) mass is 250 g/mol. The van der Waals surface area contributed by atoms with Gasteiger partial charge in [0.25, 0.3) is 0 Å². The molecule has 1 aliphatic carbocycles. The summed E-state index contributed by atoms with van der Waals surface area (Å²) < 4.78 is 12.1. The topological polar surface area (TPSA) is 35.5 Å². The van der Waals surface area contributed by atoms with Crippen molar-refractivity contribution in [3.63, 3.8) is 0 Å². The first kappa shape index (κ1) is 13.5. The van der Waals surface area contributed by atoms with E-state index in [1.54, 1.807) is 0 Å². The molecular formula is C15H22O3. The average molecular weight is 250 g/mol. The minimum absolute atomic E-state index is 0.0286. The molecule has 1 heterocycles. The molecule has 0 amide bonds. The second-order valence-electron chi connectivity index (χ2n) is 6.70.